The number of benzene rings is 2. The number of thiophene rings is 1. The first-order chi connectivity index (χ1) is 15.1. The number of H-pyrrole nitrogens is 1. The zero-order valence-corrected chi connectivity index (χ0v) is 18.5. The number of nitrogens with zero attached hydrogens (tertiary/aromatic N) is 5. The van der Waals surface area contributed by atoms with Gasteiger partial charge in [0, 0.05) is 10.9 Å². The highest BCUT2D eigenvalue weighted by atomic mass is 32.2. The normalized spacial score (nSPS) is 11.3. The van der Waals surface area contributed by atoms with Crippen molar-refractivity contribution in [3.63, 3.8) is 0 Å². The van der Waals surface area contributed by atoms with E-state index in [1.807, 2.05) is 67.8 Å². The van der Waals surface area contributed by atoms with Gasteiger partial charge in [0.1, 0.15) is 10.7 Å². The highest BCUT2D eigenvalue weighted by Crippen LogP contribution is 2.31. The summed E-state index contributed by atoms with van der Waals surface area (Å²) in [6.45, 7) is 4.07. The highest BCUT2D eigenvalue weighted by Gasteiger charge is 2.16. The Kier molecular flexibility index (Phi) is 5.13. The van der Waals surface area contributed by atoms with Crippen LogP contribution in [0.15, 0.2) is 63.9 Å². The van der Waals surface area contributed by atoms with E-state index >= 15 is 0 Å². The van der Waals surface area contributed by atoms with E-state index in [1.165, 1.54) is 23.1 Å². The molecule has 0 saturated carbocycles. The Hall–Kier alpha value is -3.30. The number of para-hydroxylation sites is 1. The number of rotatable bonds is 5. The lowest BCUT2D eigenvalue weighted by molar-refractivity contribution is 0.747. The molecular formula is C22H18N6OS2. The summed E-state index contributed by atoms with van der Waals surface area (Å²) in [7, 11) is 0. The van der Waals surface area contributed by atoms with Gasteiger partial charge in [-0.15, -0.1) is 16.4 Å². The minimum absolute atomic E-state index is 0.130. The lowest BCUT2D eigenvalue weighted by Gasteiger charge is -2.10. The number of aryl methyl sites for hydroxylation is 2. The molecule has 0 aliphatic carbocycles. The van der Waals surface area contributed by atoms with Crippen LogP contribution in [0.25, 0.3) is 27.0 Å². The van der Waals surface area contributed by atoms with Crippen molar-refractivity contribution in [2.45, 2.75) is 24.8 Å². The topological polar surface area (TPSA) is 89.3 Å². The van der Waals surface area contributed by atoms with Gasteiger partial charge in [-0.2, -0.15) is 4.68 Å². The van der Waals surface area contributed by atoms with Gasteiger partial charge >= 0.3 is 0 Å². The monoisotopic (exact) mass is 446 g/mol. The number of fused-ring (bicyclic) bond motifs is 1. The molecule has 1 N–H and O–H groups in total. The molecule has 0 atom stereocenters. The largest absolute Gasteiger partial charge is 0.309 e. The van der Waals surface area contributed by atoms with Gasteiger partial charge in [-0.3, -0.25) is 4.79 Å². The summed E-state index contributed by atoms with van der Waals surface area (Å²) in [5.41, 5.74) is 4.94. The number of thioether (sulfide) groups is 1. The van der Waals surface area contributed by atoms with Gasteiger partial charge in [0.2, 0.25) is 5.16 Å². The predicted molar refractivity (Wildman–Crippen MR) is 124 cm³/mol. The van der Waals surface area contributed by atoms with Gasteiger partial charge in [-0.05, 0) is 41.0 Å². The molecule has 31 heavy (non-hydrogen) atoms. The van der Waals surface area contributed by atoms with Crippen molar-refractivity contribution in [3.05, 3.63) is 81.2 Å². The molecule has 2 aromatic carbocycles. The van der Waals surface area contributed by atoms with Crippen LogP contribution in [0, 0.1) is 13.8 Å². The SMILES string of the molecule is Cc1cccc(C)c1-n1nnnc1SCc1nc2scc(-c3ccccc3)c2c(=O)[nH]1. The fourth-order valence-electron chi connectivity index (χ4n) is 3.57. The molecule has 0 radical (unpaired) electrons. The van der Waals surface area contributed by atoms with Gasteiger partial charge in [0.25, 0.3) is 5.56 Å². The number of aromatic nitrogens is 6. The molecule has 3 heterocycles. The summed E-state index contributed by atoms with van der Waals surface area (Å²) in [6, 6.07) is 16.0. The Morgan fingerprint density at radius 3 is 2.61 bits per heavy atom. The number of nitrogens with one attached hydrogen (secondary N) is 1. The first-order valence-electron chi connectivity index (χ1n) is 9.65. The molecule has 0 unspecified atom stereocenters. The molecule has 3 aromatic heterocycles. The fraction of sp³-hybridized carbons (Fsp3) is 0.136. The van der Waals surface area contributed by atoms with E-state index in [0.29, 0.717) is 22.1 Å². The minimum Gasteiger partial charge on any atom is -0.309 e. The van der Waals surface area contributed by atoms with Crippen molar-refractivity contribution in [2.75, 3.05) is 0 Å². The summed E-state index contributed by atoms with van der Waals surface area (Å²) in [5, 5.41) is 15.5. The maximum atomic E-state index is 12.9. The van der Waals surface area contributed by atoms with E-state index in [4.69, 9.17) is 0 Å². The Morgan fingerprint density at radius 1 is 1.06 bits per heavy atom. The third kappa shape index (κ3) is 3.66. The second kappa shape index (κ2) is 8.09. The molecule has 0 spiro atoms. The Labute approximate surface area is 186 Å². The molecule has 0 saturated heterocycles. The Balaban J connectivity index is 1.45. The summed E-state index contributed by atoms with van der Waals surface area (Å²) in [5.74, 6) is 1.05. The van der Waals surface area contributed by atoms with Crippen molar-refractivity contribution in [1.82, 2.24) is 30.2 Å². The first kappa shape index (κ1) is 19.7. The summed E-state index contributed by atoms with van der Waals surface area (Å²) < 4.78 is 1.74. The van der Waals surface area contributed by atoms with Crippen molar-refractivity contribution < 1.29 is 0 Å². The van der Waals surface area contributed by atoms with E-state index in [0.717, 1.165) is 32.8 Å². The van der Waals surface area contributed by atoms with Gasteiger partial charge in [-0.1, -0.05) is 60.3 Å². The van der Waals surface area contributed by atoms with Crippen molar-refractivity contribution >= 4 is 33.3 Å². The van der Waals surface area contributed by atoms with Crippen LogP contribution in [-0.4, -0.2) is 30.2 Å². The standard InChI is InChI=1S/C22H18N6OS2/c1-13-7-6-8-14(2)19(13)28-22(25-26-27-28)31-12-17-23-20(29)18-16(11-30-21(18)24-17)15-9-4-3-5-10-15/h3-11H,12H2,1-2H3,(H,23,24,29). The number of hydrogen-bond acceptors (Lipinski definition) is 7. The highest BCUT2D eigenvalue weighted by molar-refractivity contribution is 7.98. The fourth-order valence-corrected chi connectivity index (χ4v) is 5.29. The lowest BCUT2D eigenvalue weighted by Crippen LogP contribution is -2.11. The molecule has 0 aliphatic heterocycles. The third-order valence-corrected chi connectivity index (χ3v) is 6.81. The van der Waals surface area contributed by atoms with Crippen LogP contribution in [0.4, 0.5) is 0 Å². The minimum atomic E-state index is -0.130. The van der Waals surface area contributed by atoms with Crippen molar-refractivity contribution in [1.29, 1.82) is 0 Å². The van der Waals surface area contributed by atoms with E-state index in [1.54, 1.807) is 4.68 Å². The first-order valence-corrected chi connectivity index (χ1v) is 11.5. The molecule has 9 heteroatoms. The van der Waals surface area contributed by atoms with E-state index in [-0.39, 0.29) is 5.56 Å². The zero-order chi connectivity index (χ0) is 21.4. The molecular weight excluding hydrogens is 428 g/mol. The summed E-state index contributed by atoms with van der Waals surface area (Å²) >= 11 is 2.92. The number of tetrazole rings is 1. The average Bonchev–Trinajstić information content (AvgIpc) is 3.40. The lowest BCUT2D eigenvalue weighted by atomic mass is 10.1. The molecule has 154 valence electrons. The Bertz CT molecular complexity index is 1420. The van der Waals surface area contributed by atoms with Crippen molar-refractivity contribution in [3.8, 4) is 16.8 Å². The van der Waals surface area contributed by atoms with Crippen molar-refractivity contribution in [2.24, 2.45) is 0 Å². The van der Waals surface area contributed by atoms with E-state index < -0.39 is 0 Å². The zero-order valence-electron chi connectivity index (χ0n) is 16.9. The van der Waals surface area contributed by atoms with Crippen LogP contribution >= 0.6 is 23.1 Å². The van der Waals surface area contributed by atoms with E-state index in [2.05, 4.69) is 25.5 Å². The van der Waals surface area contributed by atoms with Crippen LogP contribution in [0.5, 0.6) is 0 Å². The molecule has 0 fully saturated rings. The van der Waals surface area contributed by atoms with E-state index in [9.17, 15) is 4.79 Å². The van der Waals surface area contributed by atoms with Crippen LogP contribution in [-0.2, 0) is 5.75 Å². The molecule has 0 amide bonds. The van der Waals surface area contributed by atoms with Gasteiger partial charge in [0.15, 0.2) is 0 Å². The number of aromatic amines is 1. The van der Waals surface area contributed by atoms with Crippen LogP contribution in [0.1, 0.15) is 17.0 Å². The number of hydrogen-bond donors (Lipinski definition) is 1. The predicted octanol–water partition coefficient (Wildman–Crippen LogP) is 4.54. The molecule has 0 aliphatic rings. The third-order valence-electron chi connectivity index (χ3n) is 5.01. The van der Waals surface area contributed by atoms with Crippen LogP contribution < -0.4 is 5.56 Å². The van der Waals surface area contributed by atoms with Crippen LogP contribution in [0.3, 0.4) is 0 Å². The second-order valence-electron chi connectivity index (χ2n) is 7.11. The molecule has 0 bridgehead atoms. The summed E-state index contributed by atoms with van der Waals surface area (Å²) in [6.07, 6.45) is 0. The smallest absolute Gasteiger partial charge is 0.260 e. The Morgan fingerprint density at radius 2 is 1.84 bits per heavy atom. The molecule has 5 aromatic rings. The van der Waals surface area contributed by atoms with Crippen LogP contribution in [0.2, 0.25) is 0 Å². The maximum Gasteiger partial charge on any atom is 0.260 e. The molecule has 5 rings (SSSR count). The maximum absolute atomic E-state index is 12.9. The van der Waals surface area contributed by atoms with Gasteiger partial charge in [-0.25, -0.2) is 4.98 Å². The summed E-state index contributed by atoms with van der Waals surface area (Å²) in [4.78, 5) is 21.2. The average molecular weight is 447 g/mol. The quantitative estimate of drug-likeness (QED) is 0.399. The second-order valence-corrected chi connectivity index (χ2v) is 8.91. The van der Waals surface area contributed by atoms with Gasteiger partial charge in [0.05, 0.1) is 16.8 Å². The van der Waals surface area contributed by atoms with Gasteiger partial charge < -0.3 is 4.98 Å². The molecule has 7 nitrogen and oxygen atoms in total.